The van der Waals surface area contributed by atoms with Gasteiger partial charge in [-0.2, -0.15) is 0 Å². The Kier molecular flexibility index (Phi) is 17.7. The van der Waals surface area contributed by atoms with Crippen LogP contribution in [0.25, 0.3) is 0 Å². The molecule has 61 heavy (non-hydrogen) atoms. The highest BCUT2D eigenvalue weighted by Crippen LogP contribution is 2.39. The third-order valence-corrected chi connectivity index (χ3v) is 13.3. The summed E-state index contributed by atoms with van der Waals surface area (Å²) in [6, 6.07) is 14.7. The number of nitrogens with one attached hydrogen (secondary N) is 2. The predicted octanol–water partition coefficient (Wildman–Crippen LogP) is 11.1. The van der Waals surface area contributed by atoms with Crippen LogP contribution in [-0.2, 0) is 20.0 Å². The lowest BCUT2D eigenvalue weighted by Gasteiger charge is -2.31. The fourth-order valence-corrected chi connectivity index (χ4v) is 9.86. The number of hydrogen-bond donors (Lipinski definition) is 5. The van der Waals surface area contributed by atoms with E-state index in [1.54, 1.807) is 0 Å². The SMILES string of the molecule is CCCCCCCCCCCCCC(CCOc1cc(O)ccc1NS(=O)(=O)c1ccccc1S(=O)(=O)Nc1cccc(N=Nc2ccc(O)c(N)n2)c1[N+](=O)[O-])C(C)(C)C. The van der Waals surface area contributed by atoms with Gasteiger partial charge in [-0.05, 0) is 72.7 Å². The van der Waals surface area contributed by atoms with Crippen LogP contribution in [0.4, 0.5) is 34.4 Å². The molecule has 0 radical (unpaired) electrons. The Bertz CT molecular complexity index is 2330. The number of nitrogens with zero attached hydrogens (tertiary/aromatic N) is 4. The summed E-state index contributed by atoms with van der Waals surface area (Å²) in [4.78, 5) is 13.8. The van der Waals surface area contributed by atoms with E-state index in [4.69, 9.17) is 10.5 Å². The van der Waals surface area contributed by atoms with Crippen molar-refractivity contribution in [1.82, 2.24) is 4.98 Å². The van der Waals surface area contributed by atoms with E-state index in [-0.39, 0.29) is 52.3 Å². The van der Waals surface area contributed by atoms with E-state index < -0.39 is 46.1 Å². The lowest BCUT2D eigenvalue weighted by Crippen LogP contribution is -2.23. The Morgan fingerprint density at radius 2 is 1.36 bits per heavy atom. The number of nitro benzene ring substituents is 1. The molecule has 4 rings (SSSR count). The molecule has 0 saturated heterocycles. The van der Waals surface area contributed by atoms with E-state index in [0.717, 1.165) is 31.0 Å². The van der Waals surface area contributed by atoms with Crippen LogP contribution in [-0.4, -0.2) is 43.6 Å². The summed E-state index contributed by atoms with van der Waals surface area (Å²) in [6.07, 6.45) is 15.6. The fourth-order valence-electron chi connectivity index (χ4n) is 6.89. The molecule has 0 amide bonds. The van der Waals surface area contributed by atoms with Crippen LogP contribution >= 0.6 is 0 Å². The van der Waals surface area contributed by atoms with Gasteiger partial charge in [0.05, 0.1) is 17.2 Å². The maximum atomic E-state index is 14.0. The zero-order valence-corrected chi connectivity index (χ0v) is 37.0. The molecule has 0 aliphatic heterocycles. The highest BCUT2D eigenvalue weighted by Gasteiger charge is 2.31. The number of pyridine rings is 1. The standard InChI is InChI=1S/C43H59N7O9S2/c1-5-6-7-8-9-10-11-12-13-14-15-19-31(43(2,3)4)28-29-59-37-30-32(51)24-25-33(37)48-60(55,56)38-22-16-17-23-39(38)61(57,58)49-35-21-18-20-34(41(35)50(53)54)46-47-40-27-26-36(52)42(44)45-40/h16-18,20-27,30-31,48-49,51-52H,5-15,19,28-29H2,1-4H3,(H2,44,45). The van der Waals surface area contributed by atoms with Crippen LogP contribution in [0.2, 0.25) is 0 Å². The number of nitrogens with two attached hydrogens (primary N) is 1. The van der Waals surface area contributed by atoms with Crippen molar-refractivity contribution in [3.05, 3.63) is 82.9 Å². The van der Waals surface area contributed by atoms with Crippen LogP contribution in [0.3, 0.4) is 0 Å². The first-order chi connectivity index (χ1) is 28.9. The first-order valence-electron chi connectivity index (χ1n) is 20.7. The number of unbranched alkanes of at least 4 members (excludes halogenated alkanes) is 10. The number of phenols is 1. The van der Waals surface area contributed by atoms with E-state index in [2.05, 4.69) is 52.4 Å². The second-order valence-electron chi connectivity index (χ2n) is 16.1. The highest BCUT2D eigenvalue weighted by atomic mass is 32.2. The third kappa shape index (κ3) is 14.6. The van der Waals surface area contributed by atoms with Crippen molar-refractivity contribution in [2.45, 2.75) is 121 Å². The number of aromatic nitrogens is 1. The van der Waals surface area contributed by atoms with Crippen molar-refractivity contribution in [2.75, 3.05) is 21.8 Å². The van der Waals surface area contributed by atoms with Crippen molar-refractivity contribution < 1.29 is 36.7 Å². The van der Waals surface area contributed by atoms with Crippen LogP contribution in [0.5, 0.6) is 17.2 Å². The van der Waals surface area contributed by atoms with Crippen molar-refractivity contribution in [1.29, 1.82) is 0 Å². The Morgan fingerprint density at radius 1 is 0.770 bits per heavy atom. The third-order valence-electron chi connectivity index (χ3n) is 10.3. The number of azo groups is 1. The Balaban J connectivity index is 1.46. The second kappa shape index (κ2) is 22.4. The molecule has 3 aromatic carbocycles. The number of ether oxygens (including phenoxy) is 1. The minimum Gasteiger partial charge on any atom is -0.508 e. The molecule has 1 atom stereocenters. The van der Waals surface area contributed by atoms with Gasteiger partial charge in [0, 0.05) is 6.07 Å². The van der Waals surface area contributed by atoms with Crippen LogP contribution < -0.4 is 19.9 Å². The molecular formula is C43H59N7O9S2. The average molecular weight is 882 g/mol. The number of hydrogen-bond acceptors (Lipinski definition) is 13. The van der Waals surface area contributed by atoms with Crippen LogP contribution in [0.15, 0.2) is 92.8 Å². The molecule has 1 aromatic heterocycles. The van der Waals surface area contributed by atoms with Gasteiger partial charge in [0.15, 0.2) is 23.1 Å². The summed E-state index contributed by atoms with van der Waals surface area (Å²) in [5.74, 6) is -0.433. The number of anilines is 3. The van der Waals surface area contributed by atoms with E-state index in [0.29, 0.717) is 12.3 Å². The average Bonchev–Trinajstić information content (AvgIpc) is 3.20. The van der Waals surface area contributed by atoms with E-state index in [1.165, 1.54) is 119 Å². The molecule has 16 nitrogen and oxygen atoms in total. The number of aromatic hydroxyl groups is 2. The molecule has 332 valence electrons. The molecule has 0 bridgehead atoms. The second-order valence-corrected chi connectivity index (χ2v) is 19.4. The lowest BCUT2D eigenvalue weighted by atomic mass is 9.76. The molecule has 0 saturated carbocycles. The van der Waals surface area contributed by atoms with Gasteiger partial charge in [-0.3, -0.25) is 19.6 Å². The minimum absolute atomic E-state index is 0.000496. The van der Waals surface area contributed by atoms with Gasteiger partial charge in [0.2, 0.25) is 0 Å². The Hall–Kier alpha value is -5.49. The summed E-state index contributed by atoms with van der Waals surface area (Å²) >= 11 is 0. The quantitative estimate of drug-likeness (QED) is 0.0138. The largest absolute Gasteiger partial charge is 0.508 e. The molecule has 1 unspecified atom stereocenters. The van der Waals surface area contributed by atoms with Gasteiger partial charge >= 0.3 is 5.69 Å². The monoisotopic (exact) mass is 881 g/mol. The topological polar surface area (TPSA) is 249 Å². The maximum absolute atomic E-state index is 14.0. The molecule has 0 aliphatic rings. The summed E-state index contributed by atoms with van der Waals surface area (Å²) < 4.78 is 66.3. The van der Waals surface area contributed by atoms with Gasteiger partial charge < -0.3 is 20.7 Å². The summed E-state index contributed by atoms with van der Waals surface area (Å²) in [5, 5.41) is 39.8. The van der Waals surface area contributed by atoms with Crippen molar-refractivity contribution in [3.63, 3.8) is 0 Å². The number of phenolic OH excluding ortho intramolecular Hbond substituents is 1. The smallest absolute Gasteiger partial charge is 0.320 e. The van der Waals surface area contributed by atoms with Crippen LogP contribution in [0.1, 0.15) is 111 Å². The van der Waals surface area contributed by atoms with Gasteiger partial charge in [0.25, 0.3) is 20.0 Å². The number of benzene rings is 3. The van der Waals surface area contributed by atoms with Gasteiger partial charge in [-0.15, -0.1) is 10.2 Å². The molecule has 4 aromatic rings. The van der Waals surface area contributed by atoms with Crippen molar-refractivity contribution in [3.8, 4) is 17.2 Å². The molecule has 18 heteroatoms. The zero-order valence-electron chi connectivity index (χ0n) is 35.3. The number of para-hydroxylation sites is 1. The number of rotatable bonds is 25. The number of sulfonamides is 2. The predicted molar refractivity (Wildman–Crippen MR) is 238 cm³/mol. The van der Waals surface area contributed by atoms with Crippen molar-refractivity contribution >= 4 is 54.4 Å². The molecule has 0 aliphatic carbocycles. The first-order valence-corrected chi connectivity index (χ1v) is 23.6. The van der Waals surface area contributed by atoms with Gasteiger partial charge in [-0.25, -0.2) is 21.8 Å². The molecule has 6 N–H and O–H groups in total. The maximum Gasteiger partial charge on any atom is 0.320 e. The van der Waals surface area contributed by atoms with Crippen LogP contribution in [0, 0.1) is 21.4 Å². The Labute approximate surface area is 359 Å². The van der Waals surface area contributed by atoms with E-state index >= 15 is 0 Å². The van der Waals surface area contributed by atoms with Crippen molar-refractivity contribution in [2.24, 2.45) is 21.6 Å². The summed E-state index contributed by atoms with van der Waals surface area (Å²) in [7, 11) is -9.48. The zero-order chi connectivity index (χ0) is 44.6. The van der Waals surface area contributed by atoms with E-state index in [1.807, 2.05) is 0 Å². The first kappa shape index (κ1) is 48.2. The lowest BCUT2D eigenvalue weighted by molar-refractivity contribution is -0.383. The van der Waals surface area contributed by atoms with E-state index in [9.17, 15) is 37.2 Å². The van der Waals surface area contributed by atoms with Gasteiger partial charge in [-0.1, -0.05) is 117 Å². The minimum atomic E-state index is -4.82. The summed E-state index contributed by atoms with van der Waals surface area (Å²) in [6.45, 7) is 9.05. The molecular weight excluding hydrogens is 823 g/mol. The number of nitrogen functional groups attached to an aromatic ring is 1. The number of nitro groups is 1. The molecule has 1 heterocycles. The fraction of sp³-hybridized carbons (Fsp3) is 0.465. The Morgan fingerprint density at radius 3 is 1.93 bits per heavy atom. The molecule has 0 spiro atoms. The van der Waals surface area contributed by atoms with Gasteiger partial charge in [0.1, 0.15) is 27.0 Å². The normalized spacial score (nSPS) is 12.7. The highest BCUT2D eigenvalue weighted by molar-refractivity contribution is 7.95. The summed E-state index contributed by atoms with van der Waals surface area (Å²) in [5.41, 5.74) is 3.89. The molecule has 0 fully saturated rings.